The molecule has 148 valence electrons. The minimum absolute atomic E-state index is 0.0980. The molecule has 0 radical (unpaired) electrons. The van der Waals surface area contributed by atoms with Crippen LogP contribution in [-0.2, 0) is 4.79 Å². The Hall–Kier alpha value is -3.27. The van der Waals surface area contributed by atoms with Gasteiger partial charge < -0.3 is 16.0 Å². The number of nitrogens with zero attached hydrogens (tertiary/aromatic N) is 4. The standard InChI is InChI=1S/C18H22N6O4/c19-8-9-20-17(25)13-4-3-10-22(12-13)18(26)14-7-11-23(21-14)15-5-1-2-6-16(15)24(27)28/h1-2,5-7,11,13H,3-4,8-10,12,19H2,(H,20,25). The molecule has 3 rings (SSSR count). The first-order valence-electron chi connectivity index (χ1n) is 9.07. The van der Waals surface area contributed by atoms with E-state index in [0.29, 0.717) is 32.6 Å². The second kappa shape index (κ2) is 8.61. The predicted molar refractivity (Wildman–Crippen MR) is 101 cm³/mol. The van der Waals surface area contributed by atoms with Gasteiger partial charge in [0.05, 0.1) is 10.8 Å². The van der Waals surface area contributed by atoms with E-state index in [9.17, 15) is 19.7 Å². The fourth-order valence-corrected chi connectivity index (χ4v) is 3.26. The Morgan fingerprint density at radius 2 is 2.11 bits per heavy atom. The maximum absolute atomic E-state index is 12.8. The van der Waals surface area contributed by atoms with Gasteiger partial charge >= 0.3 is 0 Å². The van der Waals surface area contributed by atoms with Crippen LogP contribution in [0.3, 0.4) is 0 Å². The summed E-state index contributed by atoms with van der Waals surface area (Å²) >= 11 is 0. The van der Waals surface area contributed by atoms with Gasteiger partial charge in [0.25, 0.3) is 11.6 Å². The minimum Gasteiger partial charge on any atom is -0.355 e. The number of nitro benzene ring substituents is 1. The summed E-state index contributed by atoms with van der Waals surface area (Å²) in [6.45, 7) is 1.62. The van der Waals surface area contributed by atoms with Crippen LogP contribution in [0.25, 0.3) is 5.69 Å². The molecule has 1 aromatic heterocycles. The number of para-hydroxylation sites is 2. The molecule has 0 spiro atoms. The summed E-state index contributed by atoms with van der Waals surface area (Å²) < 4.78 is 1.32. The molecule has 1 aliphatic heterocycles. The molecule has 2 amide bonds. The first-order chi connectivity index (χ1) is 13.5. The van der Waals surface area contributed by atoms with E-state index in [2.05, 4.69) is 10.4 Å². The van der Waals surface area contributed by atoms with Gasteiger partial charge in [-0.3, -0.25) is 19.7 Å². The smallest absolute Gasteiger partial charge is 0.294 e. The monoisotopic (exact) mass is 386 g/mol. The molecule has 0 saturated carbocycles. The third-order valence-corrected chi connectivity index (χ3v) is 4.66. The van der Waals surface area contributed by atoms with Gasteiger partial charge in [-0.05, 0) is 25.0 Å². The van der Waals surface area contributed by atoms with E-state index < -0.39 is 4.92 Å². The number of rotatable bonds is 6. The quantitative estimate of drug-likeness (QED) is 0.554. The maximum Gasteiger partial charge on any atom is 0.294 e. The summed E-state index contributed by atoms with van der Waals surface area (Å²) in [6, 6.07) is 7.71. The number of nitro groups is 1. The zero-order chi connectivity index (χ0) is 20.1. The average Bonchev–Trinajstić information content (AvgIpc) is 3.21. The van der Waals surface area contributed by atoms with E-state index in [4.69, 9.17) is 5.73 Å². The predicted octanol–water partition coefficient (Wildman–Crippen LogP) is 0.708. The number of nitrogens with one attached hydrogen (secondary N) is 1. The largest absolute Gasteiger partial charge is 0.355 e. The van der Waals surface area contributed by atoms with E-state index in [1.807, 2.05) is 0 Å². The number of carbonyl (C=O) groups excluding carboxylic acids is 2. The Bertz CT molecular complexity index is 880. The molecule has 2 aromatic rings. The summed E-state index contributed by atoms with van der Waals surface area (Å²) in [5, 5.41) is 18.2. The van der Waals surface area contributed by atoms with Gasteiger partial charge in [0.1, 0.15) is 5.69 Å². The lowest BCUT2D eigenvalue weighted by atomic mass is 9.97. The number of likely N-dealkylation sites (tertiary alicyclic amines) is 1. The van der Waals surface area contributed by atoms with Crippen molar-refractivity contribution in [2.75, 3.05) is 26.2 Å². The zero-order valence-electron chi connectivity index (χ0n) is 15.3. The van der Waals surface area contributed by atoms with Gasteiger partial charge in [0.2, 0.25) is 5.91 Å². The lowest BCUT2D eigenvalue weighted by Gasteiger charge is -2.31. The molecule has 1 aromatic carbocycles. The first-order valence-corrected chi connectivity index (χ1v) is 9.07. The molecule has 10 heteroatoms. The second-order valence-corrected chi connectivity index (χ2v) is 6.56. The number of hydrogen-bond donors (Lipinski definition) is 2. The molecule has 0 bridgehead atoms. The third-order valence-electron chi connectivity index (χ3n) is 4.66. The first kappa shape index (κ1) is 19.5. The zero-order valence-corrected chi connectivity index (χ0v) is 15.3. The number of piperidine rings is 1. The van der Waals surface area contributed by atoms with Crippen molar-refractivity contribution < 1.29 is 14.5 Å². The molecule has 3 N–H and O–H groups in total. The molecule has 1 aliphatic rings. The van der Waals surface area contributed by atoms with E-state index in [1.165, 1.54) is 23.0 Å². The van der Waals surface area contributed by atoms with Crippen molar-refractivity contribution in [3.05, 3.63) is 52.3 Å². The minimum atomic E-state index is -0.492. The number of hydrogen-bond acceptors (Lipinski definition) is 6. The van der Waals surface area contributed by atoms with Crippen molar-refractivity contribution in [3.8, 4) is 5.69 Å². The van der Waals surface area contributed by atoms with Gasteiger partial charge in [-0.25, -0.2) is 4.68 Å². The second-order valence-electron chi connectivity index (χ2n) is 6.56. The fourth-order valence-electron chi connectivity index (χ4n) is 3.26. The van der Waals surface area contributed by atoms with Crippen LogP contribution in [-0.4, -0.2) is 57.6 Å². The van der Waals surface area contributed by atoms with Crippen LogP contribution in [0.15, 0.2) is 36.5 Å². The average molecular weight is 386 g/mol. The van der Waals surface area contributed by atoms with Gasteiger partial charge in [0, 0.05) is 38.4 Å². The molecule has 1 atom stereocenters. The Morgan fingerprint density at radius 1 is 1.32 bits per heavy atom. The highest BCUT2D eigenvalue weighted by atomic mass is 16.6. The number of aromatic nitrogens is 2. The number of amides is 2. The molecule has 0 aliphatic carbocycles. The highest BCUT2D eigenvalue weighted by Crippen LogP contribution is 2.23. The van der Waals surface area contributed by atoms with Crippen LogP contribution in [0.2, 0.25) is 0 Å². The van der Waals surface area contributed by atoms with Crippen LogP contribution >= 0.6 is 0 Å². The summed E-state index contributed by atoms with van der Waals surface area (Å²) in [5.41, 5.74) is 5.77. The van der Waals surface area contributed by atoms with Crippen molar-refractivity contribution >= 4 is 17.5 Å². The van der Waals surface area contributed by atoms with Crippen LogP contribution in [0.5, 0.6) is 0 Å². The van der Waals surface area contributed by atoms with Crippen LogP contribution < -0.4 is 11.1 Å². The molecule has 1 fully saturated rings. The molecule has 2 heterocycles. The summed E-state index contributed by atoms with van der Waals surface area (Å²) in [6.07, 6.45) is 2.95. The fraction of sp³-hybridized carbons (Fsp3) is 0.389. The molecule has 10 nitrogen and oxygen atoms in total. The summed E-state index contributed by atoms with van der Waals surface area (Å²) in [4.78, 5) is 37.3. The third kappa shape index (κ3) is 4.17. The number of carbonyl (C=O) groups is 2. The number of nitrogens with two attached hydrogens (primary N) is 1. The van der Waals surface area contributed by atoms with E-state index in [0.717, 1.165) is 6.42 Å². The molecular weight excluding hydrogens is 364 g/mol. The Labute approximate surface area is 161 Å². The lowest BCUT2D eigenvalue weighted by molar-refractivity contribution is -0.384. The van der Waals surface area contributed by atoms with Crippen LogP contribution in [0.1, 0.15) is 23.3 Å². The van der Waals surface area contributed by atoms with E-state index >= 15 is 0 Å². The van der Waals surface area contributed by atoms with Gasteiger partial charge in [-0.15, -0.1) is 0 Å². The van der Waals surface area contributed by atoms with Crippen LogP contribution in [0.4, 0.5) is 5.69 Å². The van der Waals surface area contributed by atoms with Crippen molar-refractivity contribution in [1.29, 1.82) is 0 Å². The normalized spacial score (nSPS) is 16.6. The summed E-state index contributed by atoms with van der Waals surface area (Å²) in [7, 11) is 0. The van der Waals surface area contributed by atoms with Crippen molar-refractivity contribution in [1.82, 2.24) is 20.0 Å². The molecular formula is C18H22N6O4. The Morgan fingerprint density at radius 3 is 2.86 bits per heavy atom. The molecule has 28 heavy (non-hydrogen) atoms. The van der Waals surface area contributed by atoms with Gasteiger partial charge in [-0.2, -0.15) is 5.10 Å². The highest BCUT2D eigenvalue weighted by Gasteiger charge is 2.30. The van der Waals surface area contributed by atoms with E-state index in [-0.39, 0.29) is 34.8 Å². The van der Waals surface area contributed by atoms with Gasteiger partial charge in [-0.1, -0.05) is 12.1 Å². The van der Waals surface area contributed by atoms with Crippen molar-refractivity contribution in [3.63, 3.8) is 0 Å². The van der Waals surface area contributed by atoms with E-state index in [1.54, 1.807) is 23.1 Å². The molecule has 1 unspecified atom stereocenters. The highest BCUT2D eigenvalue weighted by molar-refractivity contribution is 5.93. The van der Waals surface area contributed by atoms with Crippen LogP contribution in [0, 0.1) is 16.0 Å². The van der Waals surface area contributed by atoms with Gasteiger partial charge in [0.15, 0.2) is 5.69 Å². The lowest BCUT2D eigenvalue weighted by Crippen LogP contribution is -2.46. The van der Waals surface area contributed by atoms with Crippen molar-refractivity contribution in [2.45, 2.75) is 12.8 Å². The number of benzene rings is 1. The summed E-state index contributed by atoms with van der Waals surface area (Å²) in [5.74, 6) is -0.677. The Kier molecular flexibility index (Phi) is 5.99. The van der Waals surface area contributed by atoms with Crippen molar-refractivity contribution in [2.24, 2.45) is 11.7 Å². The topological polar surface area (TPSA) is 136 Å². The molecule has 1 saturated heterocycles. The Balaban J connectivity index is 1.74. The maximum atomic E-state index is 12.8. The SMILES string of the molecule is NCCNC(=O)C1CCCN(C(=O)c2ccn(-c3ccccc3[N+](=O)[O-])n2)C1.